The van der Waals surface area contributed by atoms with Crippen molar-refractivity contribution >= 4 is 12.0 Å². The van der Waals surface area contributed by atoms with Gasteiger partial charge in [-0.05, 0) is 12.8 Å². The molecule has 2 N–H and O–H groups in total. The van der Waals surface area contributed by atoms with E-state index in [0.29, 0.717) is 19.4 Å². The first kappa shape index (κ1) is 12.4. The van der Waals surface area contributed by atoms with E-state index in [9.17, 15) is 9.59 Å². The lowest BCUT2D eigenvalue weighted by Gasteiger charge is -2.19. The number of urea groups is 1. The number of carbonyl (C=O) groups is 2. The van der Waals surface area contributed by atoms with Crippen molar-refractivity contribution in [3.05, 3.63) is 0 Å². The first-order valence-electron chi connectivity index (χ1n) is 5.32. The molecule has 2 unspecified atom stereocenters. The third kappa shape index (κ3) is 2.89. The number of hydrogen-bond acceptors (Lipinski definition) is 2. The van der Waals surface area contributed by atoms with E-state index in [0.717, 1.165) is 0 Å². The standard InChI is InChI=1S/C11H16N2O3/c1-3-9(4-2)12-11(16)13-6-5-8(7-13)10(14)15/h1,8-9H,4-7H2,2H3,(H,12,16)(H,14,15). The third-order valence-corrected chi connectivity index (χ3v) is 2.73. The Balaban J connectivity index is 2.45. The van der Waals surface area contributed by atoms with Crippen LogP contribution in [0.25, 0.3) is 0 Å². The highest BCUT2D eigenvalue weighted by Gasteiger charge is 2.31. The van der Waals surface area contributed by atoms with E-state index in [-0.39, 0.29) is 18.6 Å². The minimum Gasteiger partial charge on any atom is -0.481 e. The van der Waals surface area contributed by atoms with Crippen LogP contribution in [-0.2, 0) is 4.79 Å². The summed E-state index contributed by atoms with van der Waals surface area (Å²) in [6.07, 6.45) is 6.40. The van der Waals surface area contributed by atoms with Crippen LogP contribution in [0.3, 0.4) is 0 Å². The molecule has 0 aromatic heterocycles. The molecule has 2 amide bonds. The van der Waals surface area contributed by atoms with Crippen molar-refractivity contribution in [3.8, 4) is 12.3 Å². The summed E-state index contributed by atoms with van der Waals surface area (Å²) in [7, 11) is 0. The van der Waals surface area contributed by atoms with Crippen LogP contribution in [0.5, 0.6) is 0 Å². The Labute approximate surface area is 94.8 Å². The highest BCUT2D eigenvalue weighted by Crippen LogP contribution is 2.16. The predicted molar refractivity (Wildman–Crippen MR) is 58.8 cm³/mol. The van der Waals surface area contributed by atoms with Gasteiger partial charge in [0.2, 0.25) is 0 Å². The number of amides is 2. The Hall–Kier alpha value is -1.70. The largest absolute Gasteiger partial charge is 0.481 e. The molecule has 0 bridgehead atoms. The minimum absolute atomic E-state index is 0.266. The molecule has 1 saturated heterocycles. The number of nitrogens with one attached hydrogen (secondary N) is 1. The van der Waals surface area contributed by atoms with Gasteiger partial charge in [-0.15, -0.1) is 6.42 Å². The van der Waals surface area contributed by atoms with Gasteiger partial charge < -0.3 is 15.3 Å². The van der Waals surface area contributed by atoms with Gasteiger partial charge in [-0.2, -0.15) is 0 Å². The van der Waals surface area contributed by atoms with Crippen LogP contribution in [0.15, 0.2) is 0 Å². The van der Waals surface area contributed by atoms with E-state index in [1.54, 1.807) is 0 Å². The van der Waals surface area contributed by atoms with Crippen molar-refractivity contribution in [1.82, 2.24) is 10.2 Å². The van der Waals surface area contributed by atoms with E-state index in [2.05, 4.69) is 11.2 Å². The lowest BCUT2D eigenvalue weighted by Crippen LogP contribution is -2.43. The molecule has 1 fully saturated rings. The number of carboxylic acid groups (broad SMARTS) is 1. The van der Waals surface area contributed by atoms with Crippen LogP contribution < -0.4 is 5.32 Å². The van der Waals surface area contributed by atoms with Crippen molar-refractivity contribution < 1.29 is 14.7 Å². The average molecular weight is 224 g/mol. The summed E-state index contributed by atoms with van der Waals surface area (Å²) >= 11 is 0. The first-order valence-corrected chi connectivity index (χ1v) is 5.32. The van der Waals surface area contributed by atoms with Crippen LogP contribution in [-0.4, -0.2) is 41.1 Å². The average Bonchev–Trinajstić information content (AvgIpc) is 2.74. The smallest absolute Gasteiger partial charge is 0.318 e. The minimum atomic E-state index is -0.848. The molecule has 1 aliphatic heterocycles. The van der Waals surface area contributed by atoms with Crippen molar-refractivity contribution in [3.63, 3.8) is 0 Å². The van der Waals surface area contributed by atoms with Gasteiger partial charge in [0.1, 0.15) is 0 Å². The van der Waals surface area contributed by atoms with Gasteiger partial charge >= 0.3 is 12.0 Å². The Morgan fingerprint density at radius 2 is 2.38 bits per heavy atom. The molecule has 88 valence electrons. The van der Waals surface area contributed by atoms with Gasteiger partial charge in [0.15, 0.2) is 0 Å². The molecule has 0 aromatic rings. The molecule has 1 aliphatic rings. The Kier molecular flexibility index (Phi) is 4.18. The molecule has 0 spiro atoms. The van der Waals surface area contributed by atoms with E-state index in [1.807, 2.05) is 6.92 Å². The lowest BCUT2D eigenvalue weighted by molar-refractivity contribution is -0.141. The molecule has 5 nitrogen and oxygen atoms in total. The maximum absolute atomic E-state index is 11.7. The Morgan fingerprint density at radius 1 is 1.69 bits per heavy atom. The topological polar surface area (TPSA) is 69.6 Å². The number of rotatable bonds is 3. The van der Waals surface area contributed by atoms with Crippen molar-refractivity contribution in [2.45, 2.75) is 25.8 Å². The van der Waals surface area contributed by atoms with Gasteiger partial charge in [0, 0.05) is 13.1 Å². The van der Waals surface area contributed by atoms with Gasteiger partial charge in [-0.3, -0.25) is 4.79 Å². The number of carboxylic acids is 1. The highest BCUT2D eigenvalue weighted by molar-refractivity contribution is 5.77. The zero-order valence-electron chi connectivity index (χ0n) is 9.27. The quantitative estimate of drug-likeness (QED) is 0.686. The Morgan fingerprint density at radius 3 is 2.81 bits per heavy atom. The van der Waals surface area contributed by atoms with Gasteiger partial charge in [0.05, 0.1) is 12.0 Å². The van der Waals surface area contributed by atoms with Crippen molar-refractivity contribution in [2.24, 2.45) is 5.92 Å². The zero-order chi connectivity index (χ0) is 12.1. The molecule has 1 rings (SSSR count). The summed E-state index contributed by atoms with van der Waals surface area (Å²) in [6, 6.07) is -0.551. The lowest BCUT2D eigenvalue weighted by atomic mass is 10.1. The first-order chi connectivity index (χ1) is 7.58. The summed E-state index contributed by atoms with van der Waals surface area (Å²) < 4.78 is 0. The van der Waals surface area contributed by atoms with Gasteiger partial charge in [-0.25, -0.2) is 4.79 Å². The van der Waals surface area contributed by atoms with E-state index in [1.165, 1.54) is 4.90 Å². The maximum Gasteiger partial charge on any atom is 0.318 e. The second-order valence-corrected chi connectivity index (χ2v) is 3.85. The number of aliphatic carboxylic acids is 1. The number of hydrogen-bond donors (Lipinski definition) is 2. The van der Waals surface area contributed by atoms with Crippen LogP contribution >= 0.6 is 0 Å². The Bertz CT molecular complexity index is 322. The molecule has 5 heteroatoms. The molecule has 16 heavy (non-hydrogen) atoms. The number of carbonyl (C=O) groups excluding carboxylic acids is 1. The second kappa shape index (κ2) is 5.40. The SMILES string of the molecule is C#CC(CC)NC(=O)N1CCC(C(=O)O)C1. The second-order valence-electron chi connectivity index (χ2n) is 3.85. The van der Waals surface area contributed by atoms with E-state index in [4.69, 9.17) is 11.5 Å². The van der Waals surface area contributed by atoms with E-state index < -0.39 is 11.9 Å². The molecule has 1 heterocycles. The molecule has 0 saturated carbocycles. The fourth-order valence-electron chi connectivity index (χ4n) is 1.65. The molecule has 2 atom stereocenters. The van der Waals surface area contributed by atoms with Gasteiger partial charge in [0.25, 0.3) is 0 Å². The third-order valence-electron chi connectivity index (χ3n) is 2.73. The van der Waals surface area contributed by atoms with Crippen molar-refractivity contribution in [1.29, 1.82) is 0 Å². The van der Waals surface area contributed by atoms with Crippen LogP contribution in [0, 0.1) is 18.3 Å². The summed E-state index contributed by atoms with van der Waals surface area (Å²) in [5, 5.41) is 11.5. The summed E-state index contributed by atoms with van der Waals surface area (Å²) in [6.45, 7) is 2.63. The number of likely N-dealkylation sites (tertiary alicyclic amines) is 1. The number of terminal acetylenes is 1. The fourth-order valence-corrected chi connectivity index (χ4v) is 1.65. The van der Waals surface area contributed by atoms with Crippen LogP contribution in [0.2, 0.25) is 0 Å². The molecule has 0 aromatic carbocycles. The number of nitrogens with zero attached hydrogens (tertiary/aromatic N) is 1. The van der Waals surface area contributed by atoms with Crippen molar-refractivity contribution in [2.75, 3.05) is 13.1 Å². The summed E-state index contributed by atoms with van der Waals surface area (Å²) in [5.74, 6) is 1.17. The van der Waals surface area contributed by atoms with Crippen LogP contribution in [0.1, 0.15) is 19.8 Å². The fraction of sp³-hybridized carbons (Fsp3) is 0.636. The van der Waals surface area contributed by atoms with E-state index >= 15 is 0 Å². The summed E-state index contributed by atoms with van der Waals surface area (Å²) in [5.41, 5.74) is 0. The predicted octanol–water partition coefficient (Wildman–Crippen LogP) is 0.514. The highest BCUT2D eigenvalue weighted by atomic mass is 16.4. The van der Waals surface area contributed by atoms with Crippen LogP contribution in [0.4, 0.5) is 4.79 Å². The zero-order valence-corrected chi connectivity index (χ0v) is 9.27. The monoisotopic (exact) mass is 224 g/mol. The molecular weight excluding hydrogens is 208 g/mol. The molecular formula is C11H16N2O3. The molecule has 0 aliphatic carbocycles. The molecule has 0 radical (unpaired) electrons. The normalized spacial score (nSPS) is 21.2. The maximum atomic E-state index is 11.7. The summed E-state index contributed by atoms with van der Waals surface area (Å²) in [4.78, 5) is 23.9. The van der Waals surface area contributed by atoms with Gasteiger partial charge in [-0.1, -0.05) is 12.8 Å².